The zero-order chi connectivity index (χ0) is 13.1. The Kier molecular flexibility index (Phi) is 4.25. The molecule has 0 aliphatic carbocycles. The molecule has 0 aromatic heterocycles. The number of nitrogens with one attached hydrogen (secondary N) is 2. The molecule has 1 heterocycles. The fourth-order valence-corrected chi connectivity index (χ4v) is 2.44. The van der Waals surface area contributed by atoms with Crippen molar-refractivity contribution >= 4 is 17.5 Å². The SMILES string of the molecule is CC1CNCC1C(=O)N[C@@H](C)c1ccc(Cl)cc1. The lowest BCUT2D eigenvalue weighted by molar-refractivity contribution is -0.126. The number of benzene rings is 1. The van der Waals surface area contributed by atoms with Gasteiger partial charge in [-0.3, -0.25) is 4.79 Å². The number of hydrogen-bond donors (Lipinski definition) is 2. The smallest absolute Gasteiger partial charge is 0.225 e. The highest BCUT2D eigenvalue weighted by molar-refractivity contribution is 6.30. The van der Waals surface area contributed by atoms with Gasteiger partial charge < -0.3 is 10.6 Å². The van der Waals surface area contributed by atoms with Crippen molar-refractivity contribution in [2.24, 2.45) is 11.8 Å². The molecule has 2 rings (SSSR count). The van der Waals surface area contributed by atoms with Gasteiger partial charge >= 0.3 is 0 Å². The molecule has 0 spiro atoms. The summed E-state index contributed by atoms with van der Waals surface area (Å²) in [6.07, 6.45) is 0. The number of hydrogen-bond acceptors (Lipinski definition) is 2. The Morgan fingerprint density at radius 3 is 2.61 bits per heavy atom. The second kappa shape index (κ2) is 5.72. The summed E-state index contributed by atoms with van der Waals surface area (Å²) >= 11 is 5.85. The lowest BCUT2D eigenvalue weighted by atomic mass is 9.96. The lowest BCUT2D eigenvalue weighted by Crippen LogP contribution is -2.35. The highest BCUT2D eigenvalue weighted by Crippen LogP contribution is 2.19. The van der Waals surface area contributed by atoms with Gasteiger partial charge in [-0.05, 0) is 37.1 Å². The van der Waals surface area contributed by atoms with Crippen LogP contribution >= 0.6 is 11.6 Å². The van der Waals surface area contributed by atoms with E-state index in [2.05, 4.69) is 17.6 Å². The third-order valence-corrected chi connectivity index (χ3v) is 3.83. The van der Waals surface area contributed by atoms with Gasteiger partial charge in [-0.1, -0.05) is 30.7 Å². The largest absolute Gasteiger partial charge is 0.349 e. The van der Waals surface area contributed by atoms with Crippen molar-refractivity contribution in [1.82, 2.24) is 10.6 Å². The minimum atomic E-state index is 0.0163. The fourth-order valence-electron chi connectivity index (χ4n) is 2.32. The van der Waals surface area contributed by atoms with Crippen LogP contribution in [0.5, 0.6) is 0 Å². The maximum atomic E-state index is 12.1. The first kappa shape index (κ1) is 13.4. The zero-order valence-electron chi connectivity index (χ0n) is 10.7. The Morgan fingerprint density at radius 2 is 2.06 bits per heavy atom. The second-order valence-corrected chi connectivity index (χ2v) is 5.46. The Morgan fingerprint density at radius 1 is 1.39 bits per heavy atom. The van der Waals surface area contributed by atoms with Crippen molar-refractivity contribution in [1.29, 1.82) is 0 Å². The predicted octanol–water partition coefficient (Wildman–Crippen LogP) is 2.37. The maximum Gasteiger partial charge on any atom is 0.225 e. The zero-order valence-corrected chi connectivity index (χ0v) is 11.5. The van der Waals surface area contributed by atoms with Gasteiger partial charge in [0, 0.05) is 11.6 Å². The van der Waals surface area contributed by atoms with Crippen molar-refractivity contribution in [3.05, 3.63) is 34.9 Å². The fraction of sp³-hybridized carbons (Fsp3) is 0.500. The molecule has 1 saturated heterocycles. The Labute approximate surface area is 113 Å². The standard InChI is InChI=1S/C14H19ClN2O/c1-9-7-16-8-13(9)14(18)17-10(2)11-3-5-12(15)6-4-11/h3-6,9-10,13,16H,7-8H2,1-2H3,(H,17,18)/t9?,10-,13?/m0/s1. The van der Waals surface area contributed by atoms with Gasteiger partial charge in [0.1, 0.15) is 0 Å². The average Bonchev–Trinajstić information content (AvgIpc) is 2.76. The van der Waals surface area contributed by atoms with Gasteiger partial charge in [0.05, 0.1) is 12.0 Å². The first-order chi connectivity index (χ1) is 8.58. The van der Waals surface area contributed by atoms with Gasteiger partial charge in [-0.2, -0.15) is 0 Å². The Bertz CT molecular complexity index is 418. The molecule has 0 bridgehead atoms. The molecule has 3 nitrogen and oxygen atoms in total. The molecular weight excluding hydrogens is 248 g/mol. The molecule has 1 amide bonds. The van der Waals surface area contributed by atoms with E-state index in [1.165, 1.54) is 0 Å². The predicted molar refractivity (Wildman–Crippen MR) is 73.5 cm³/mol. The quantitative estimate of drug-likeness (QED) is 0.882. The molecule has 1 aromatic rings. The molecule has 18 heavy (non-hydrogen) atoms. The molecule has 4 heteroatoms. The van der Waals surface area contributed by atoms with E-state index >= 15 is 0 Å². The molecule has 1 aliphatic heterocycles. The van der Waals surface area contributed by atoms with Crippen LogP contribution in [0.3, 0.4) is 0 Å². The molecule has 1 aliphatic rings. The molecule has 2 unspecified atom stereocenters. The van der Waals surface area contributed by atoms with Crippen molar-refractivity contribution < 1.29 is 4.79 Å². The highest BCUT2D eigenvalue weighted by Gasteiger charge is 2.30. The summed E-state index contributed by atoms with van der Waals surface area (Å²) in [4.78, 5) is 12.1. The van der Waals surface area contributed by atoms with Crippen LogP contribution in [-0.4, -0.2) is 19.0 Å². The van der Waals surface area contributed by atoms with Crippen molar-refractivity contribution in [2.45, 2.75) is 19.9 Å². The van der Waals surface area contributed by atoms with Crippen molar-refractivity contribution in [3.63, 3.8) is 0 Å². The summed E-state index contributed by atoms with van der Waals surface area (Å²) in [6, 6.07) is 7.61. The van der Waals surface area contributed by atoms with E-state index in [0.29, 0.717) is 10.9 Å². The molecule has 0 radical (unpaired) electrons. The molecule has 98 valence electrons. The minimum absolute atomic E-state index is 0.0163. The van der Waals surface area contributed by atoms with E-state index in [4.69, 9.17) is 11.6 Å². The second-order valence-electron chi connectivity index (χ2n) is 5.02. The van der Waals surface area contributed by atoms with E-state index in [9.17, 15) is 4.79 Å². The summed E-state index contributed by atoms with van der Waals surface area (Å²) in [6.45, 7) is 5.80. The van der Waals surface area contributed by atoms with E-state index in [1.54, 1.807) is 0 Å². The van der Waals surface area contributed by atoms with E-state index in [0.717, 1.165) is 18.7 Å². The normalized spacial score (nSPS) is 24.8. The molecule has 0 saturated carbocycles. The van der Waals surface area contributed by atoms with Crippen LogP contribution in [0, 0.1) is 11.8 Å². The van der Waals surface area contributed by atoms with Crippen molar-refractivity contribution in [3.8, 4) is 0 Å². The third kappa shape index (κ3) is 3.03. The van der Waals surface area contributed by atoms with Crippen LogP contribution in [0.4, 0.5) is 0 Å². The lowest BCUT2D eigenvalue weighted by Gasteiger charge is -2.19. The Hall–Kier alpha value is -1.06. The summed E-state index contributed by atoms with van der Waals surface area (Å²) < 4.78 is 0. The third-order valence-electron chi connectivity index (χ3n) is 3.58. The van der Waals surface area contributed by atoms with Gasteiger partial charge in [0.15, 0.2) is 0 Å². The first-order valence-electron chi connectivity index (χ1n) is 6.34. The van der Waals surface area contributed by atoms with E-state index < -0.39 is 0 Å². The van der Waals surface area contributed by atoms with Crippen LogP contribution in [0.1, 0.15) is 25.5 Å². The van der Waals surface area contributed by atoms with E-state index in [-0.39, 0.29) is 17.9 Å². The highest BCUT2D eigenvalue weighted by atomic mass is 35.5. The van der Waals surface area contributed by atoms with Gasteiger partial charge in [0.25, 0.3) is 0 Å². The van der Waals surface area contributed by atoms with E-state index in [1.807, 2.05) is 31.2 Å². The summed E-state index contributed by atoms with van der Waals surface area (Å²) in [7, 11) is 0. The maximum absolute atomic E-state index is 12.1. The number of carbonyl (C=O) groups excluding carboxylic acids is 1. The monoisotopic (exact) mass is 266 g/mol. The molecular formula is C14H19ClN2O. The molecule has 1 aromatic carbocycles. The first-order valence-corrected chi connectivity index (χ1v) is 6.72. The number of amides is 1. The Balaban J connectivity index is 1.96. The molecule has 3 atom stereocenters. The molecule has 1 fully saturated rings. The van der Waals surface area contributed by atoms with Crippen molar-refractivity contribution in [2.75, 3.05) is 13.1 Å². The summed E-state index contributed by atoms with van der Waals surface area (Å²) in [5.74, 6) is 0.622. The number of carbonyl (C=O) groups is 1. The van der Waals surface area contributed by atoms with Gasteiger partial charge in [-0.25, -0.2) is 0 Å². The summed E-state index contributed by atoms with van der Waals surface area (Å²) in [5.41, 5.74) is 1.08. The van der Waals surface area contributed by atoms with Crippen LogP contribution in [-0.2, 0) is 4.79 Å². The van der Waals surface area contributed by atoms with Gasteiger partial charge in [-0.15, -0.1) is 0 Å². The average molecular weight is 267 g/mol. The van der Waals surface area contributed by atoms with Crippen LogP contribution in [0.25, 0.3) is 0 Å². The molecule has 2 N–H and O–H groups in total. The van der Waals surface area contributed by atoms with Crippen LogP contribution < -0.4 is 10.6 Å². The van der Waals surface area contributed by atoms with Crippen LogP contribution in [0.15, 0.2) is 24.3 Å². The van der Waals surface area contributed by atoms with Crippen LogP contribution in [0.2, 0.25) is 5.02 Å². The number of halogens is 1. The minimum Gasteiger partial charge on any atom is -0.349 e. The number of rotatable bonds is 3. The topological polar surface area (TPSA) is 41.1 Å². The van der Waals surface area contributed by atoms with Gasteiger partial charge in [0.2, 0.25) is 5.91 Å². The summed E-state index contributed by atoms with van der Waals surface area (Å²) in [5, 5.41) is 7.02.